The average Bonchev–Trinajstić information content (AvgIpc) is 3.00. The lowest BCUT2D eigenvalue weighted by Crippen LogP contribution is -2.31. The normalized spacial score (nSPS) is 18.7. The topological polar surface area (TPSA) is 143 Å². The van der Waals surface area contributed by atoms with Gasteiger partial charge in [0.05, 0.1) is 18.8 Å². The second-order valence-electron chi connectivity index (χ2n) is 9.46. The molecule has 11 heteroatoms. The van der Waals surface area contributed by atoms with Crippen molar-refractivity contribution in [3.05, 3.63) is 83.7 Å². The van der Waals surface area contributed by atoms with Gasteiger partial charge in [0.25, 0.3) is 0 Å². The lowest BCUT2D eigenvalue weighted by Gasteiger charge is -2.36. The first-order chi connectivity index (χ1) is 19.5. The van der Waals surface area contributed by atoms with Crippen molar-refractivity contribution < 1.29 is 29.4 Å². The Morgan fingerprint density at radius 3 is 2.25 bits per heavy atom. The van der Waals surface area contributed by atoms with Crippen LogP contribution in [-0.2, 0) is 25.7 Å². The lowest BCUT2D eigenvalue weighted by molar-refractivity contribution is -0.245. The summed E-state index contributed by atoms with van der Waals surface area (Å²) in [5, 5.41) is 21.5. The summed E-state index contributed by atoms with van der Waals surface area (Å²) >= 11 is 1.53. The van der Waals surface area contributed by atoms with Crippen LogP contribution in [0.15, 0.2) is 72.1 Å². The summed E-state index contributed by atoms with van der Waals surface area (Å²) in [4.78, 5) is 31.9. The molecule has 212 valence electrons. The van der Waals surface area contributed by atoms with Gasteiger partial charge in [-0.15, -0.1) is 0 Å². The van der Waals surface area contributed by atoms with Crippen LogP contribution < -0.4 is 10.8 Å². The summed E-state index contributed by atoms with van der Waals surface area (Å²) in [6.07, 6.45) is 5.75. The van der Waals surface area contributed by atoms with E-state index in [1.165, 1.54) is 11.8 Å². The molecular formula is C29H34N4O6S. The number of thioether (sulfide) groups is 1. The van der Waals surface area contributed by atoms with E-state index in [0.717, 1.165) is 23.1 Å². The fourth-order valence-corrected chi connectivity index (χ4v) is 5.12. The smallest absolute Gasteiger partial charge is 0.243 e. The van der Waals surface area contributed by atoms with Crippen molar-refractivity contribution in [2.45, 2.75) is 68.8 Å². The third-order valence-corrected chi connectivity index (χ3v) is 7.46. The monoisotopic (exact) mass is 566 g/mol. The molecule has 1 aromatic heterocycles. The van der Waals surface area contributed by atoms with Crippen molar-refractivity contribution in [3.8, 4) is 0 Å². The first-order valence-corrected chi connectivity index (χ1v) is 14.3. The maximum absolute atomic E-state index is 12.3. The van der Waals surface area contributed by atoms with Gasteiger partial charge >= 0.3 is 0 Å². The third kappa shape index (κ3) is 9.10. The first-order valence-electron chi connectivity index (χ1n) is 13.3. The van der Waals surface area contributed by atoms with Crippen molar-refractivity contribution in [2.75, 3.05) is 11.1 Å². The van der Waals surface area contributed by atoms with Gasteiger partial charge in [0.2, 0.25) is 11.8 Å². The van der Waals surface area contributed by atoms with Crippen LogP contribution in [-0.4, -0.2) is 44.0 Å². The number of benzene rings is 2. The van der Waals surface area contributed by atoms with Crippen LogP contribution in [0, 0.1) is 0 Å². The largest absolute Gasteiger partial charge is 0.392 e. The second kappa shape index (κ2) is 15.4. The Morgan fingerprint density at radius 2 is 1.57 bits per heavy atom. The van der Waals surface area contributed by atoms with E-state index in [-0.39, 0.29) is 31.1 Å². The molecule has 0 spiro atoms. The van der Waals surface area contributed by atoms with Crippen LogP contribution in [0.1, 0.15) is 67.6 Å². The molecule has 0 aliphatic carbocycles. The highest BCUT2D eigenvalue weighted by Crippen LogP contribution is 2.39. The number of aliphatic hydroxyl groups excluding tert-OH is 1. The molecule has 3 aromatic rings. The summed E-state index contributed by atoms with van der Waals surface area (Å²) in [6, 6.07) is 16.9. The standard InChI is InChI=1S/C29H34N4O6S/c34-18-20-7-9-21(10-8-20)25-17-24(19-40-29-30-15-4-16-31-29)38-28(39-25)22-11-13-23(14-12-22)32-26(35)5-2-1-3-6-27(36)33-37/h4,7-16,24-25,28,34,37H,1-3,5-6,17-19H2,(H,32,35)(H,33,36). The first kappa shape index (κ1) is 29.6. The molecule has 3 unspecified atom stereocenters. The third-order valence-electron chi connectivity index (χ3n) is 6.45. The van der Waals surface area contributed by atoms with E-state index in [2.05, 4.69) is 15.3 Å². The quantitative estimate of drug-likeness (QED) is 0.0761. The predicted octanol–water partition coefficient (Wildman–Crippen LogP) is 4.70. The fourth-order valence-electron chi connectivity index (χ4n) is 4.30. The van der Waals surface area contributed by atoms with Gasteiger partial charge in [-0.1, -0.05) is 54.6 Å². The minimum absolute atomic E-state index is 0.0138. The molecule has 0 radical (unpaired) electrons. The van der Waals surface area contributed by atoms with Crippen LogP contribution in [0.2, 0.25) is 0 Å². The summed E-state index contributed by atoms with van der Waals surface area (Å²) in [6.45, 7) is -0.0138. The van der Waals surface area contributed by atoms with Gasteiger partial charge in [-0.2, -0.15) is 0 Å². The van der Waals surface area contributed by atoms with Crippen molar-refractivity contribution in [1.29, 1.82) is 0 Å². The van der Waals surface area contributed by atoms with Gasteiger partial charge in [-0.05, 0) is 42.2 Å². The summed E-state index contributed by atoms with van der Waals surface area (Å²) in [7, 11) is 0. The molecule has 0 saturated carbocycles. The summed E-state index contributed by atoms with van der Waals surface area (Å²) in [5.74, 6) is 0.140. The van der Waals surface area contributed by atoms with E-state index >= 15 is 0 Å². The minimum atomic E-state index is -0.598. The number of ether oxygens (including phenoxy) is 2. The Hall–Kier alpha value is -3.35. The number of anilines is 1. The molecule has 0 bridgehead atoms. The molecule has 10 nitrogen and oxygen atoms in total. The van der Waals surface area contributed by atoms with Gasteiger partial charge < -0.3 is 19.9 Å². The molecule has 2 amide bonds. The molecule has 40 heavy (non-hydrogen) atoms. The minimum Gasteiger partial charge on any atom is -0.392 e. The number of nitrogens with one attached hydrogen (secondary N) is 2. The number of unbranched alkanes of at least 4 members (excludes halogenated alkanes) is 2. The Balaban J connectivity index is 1.36. The number of amides is 2. The van der Waals surface area contributed by atoms with Crippen LogP contribution in [0.25, 0.3) is 0 Å². The van der Waals surface area contributed by atoms with E-state index in [1.54, 1.807) is 23.9 Å². The highest BCUT2D eigenvalue weighted by Gasteiger charge is 2.32. The number of hydroxylamine groups is 1. The van der Waals surface area contributed by atoms with Crippen LogP contribution in [0.3, 0.4) is 0 Å². The zero-order valence-electron chi connectivity index (χ0n) is 22.1. The number of rotatable bonds is 13. The number of hydrogen-bond acceptors (Lipinski definition) is 9. The fraction of sp³-hybridized carbons (Fsp3) is 0.379. The number of aliphatic hydroxyl groups is 1. The van der Waals surface area contributed by atoms with Gasteiger partial charge in [0.15, 0.2) is 11.4 Å². The van der Waals surface area contributed by atoms with Gasteiger partial charge in [-0.3, -0.25) is 14.8 Å². The maximum Gasteiger partial charge on any atom is 0.243 e. The SMILES string of the molecule is O=C(CCCCCC(=O)Nc1ccc(C2OC(CSc3ncccn3)CC(c3ccc(CO)cc3)O2)cc1)NO. The van der Waals surface area contributed by atoms with E-state index in [0.29, 0.717) is 42.3 Å². The van der Waals surface area contributed by atoms with Crippen molar-refractivity contribution in [1.82, 2.24) is 15.4 Å². The molecule has 1 aliphatic rings. The van der Waals surface area contributed by atoms with Crippen LogP contribution in [0.5, 0.6) is 0 Å². The molecule has 3 atom stereocenters. The Kier molecular flexibility index (Phi) is 11.4. The molecule has 1 saturated heterocycles. The van der Waals surface area contributed by atoms with E-state index in [9.17, 15) is 14.7 Å². The van der Waals surface area contributed by atoms with E-state index in [4.69, 9.17) is 14.7 Å². The molecule has 2 heterocycles. The average molecular weight is 567 g/mol. The number of hydrogen-bond donors (Lipinski definition) is 4. The summed E-state index contributed by atoms with van der Waals surface area (Å²) < 4.78 is 12.7. The van der Waals surface area contributed by atoms with Crippen molar-refractivity contribution in [2.24, 2.45) is 0 Å². The van der Waals surface area contributed by atoms with Gasteiger partial charge in [0, 0.05) is 48.7 Å². The van der Waals surface area contributed by atoms with Crippen molar-refractivity contribution in [3.63, 3.8) is 0 Å². The molecule has 1 aliphatic heterocycles. The van der Waals surface area contributed by atoms with Crippen LogP contribution >= 0.6 is 11.8 Å². The molecule has 2 aromatic carbocycles. The number of nitrogens with zero attached hydrogens (tertiary/aromatic N) is 2. The Bertz CT molecular complexity index is 1210. The number of carbonyl (C=O) groups excluding carboxylic acids is 2. The Labute approximate surface area is 237 Å². The second-order valence-corrected chi connectivity index (χ2v) is 10.4. The Morgan fingerprint density at radius 1 is 0.900 bits per heavy atom. The van der Waals surface area contributed by atoms with Crippen molar-refractivity contribution >= 4 is 29.3 Å². The van der Waals surface area contributed by atoms with E-state index < -0.39 is 12.2 Å². The van der Waals surface area contributed by atoms with Crippen LogP contribution in [0.4, 0.5) is 5.69 Å². The number of aromatic nitrogens is 2. The van der Waals surface area contributed by atoms with E-state index in [1.807, 2.05) is 48.5 Å². The highest BCUT2D eigenvalue weighted by atomic mass is 32.2. The predicted molar refractivity (Wildman–Crippen MR) is 149 cm³/mol. The molecule has 4 rings (SSSR count). The zero-order valence-corrected chi connectivity index (χ0v) is 22.9. The van der Waals surface area contributed by atoms with Gasteiger partial charge in [0.1, 0.15) is 0 Å². The molecular weight excluding hydrogens is 532 g/mol. The lowest BCUT2D eigenvalue weighted by atomic mass is 10.0. The number of carbonyl (C=O) groups is 2. The molecule has 1 fully saturated rings. The summed E-state index contributed by atoms with van der Waals surface area (Å²) in [5.41, 5.74) is 4.97. The highest BCUT2D eigenvalue weighted by molar-refractivity contribution is 7.99. The molecule has 4 N–H and O–H groups in total. The maximum atomic E-state index is 12.3. The zero-order chi connectivity index (χ0) is 28.2. The van der Waals surface area contributed by atoms with Gasteiger partial charge in [-0.25, -0.2) is 15.4 Å².